The van der Waals surface area contributed by atoms with Gasteiger partial charge in [0.15, 0.2) is 0 Å². The molecule has 1 aliphatic heterocycles. The molecule has 1 aliphatic rings. The molecule has 0 bridgehead atoms. The first-order valence-electron chi connectivity index (χ1n) is 8.78. The molecular weight excluding hydrogens is 314 g/mol. The molecule has 1 aromatic carbocycles. The molecule has 0 aliphatic carbocycles. The topological polar surface area (TPSA) is 65.5 Å². The Morgan fingerprint density at radius 3 is 2.56 bits per heavy atom. The van der Waals surface area contributed by atoms with Gasteiger partial charge in [-0.2, -0.15) is 0 Å². The zero-order chi connectivity index (χ0) is 17.7. The van der Waals surface area contributed by atoms with E-state index >= 15 is 0 Å². The van der Waals surface area contributed by atoms with Gasteiger partial charge in [0.05, 0.1) is 5.60 Å². The second-order valence-electron chi connectivity index (χ2n) is 6.71. The fourth-order valence-corrected chi connectivity index (χ4v) is 3.21. The number of nitrogens with one attached hydrogen (secondary N) is 1. The number of pyridine rings is 1. The number of likely N-dealkylation sites (tertiary alicyclic amines) is 1. The lowest BCUT2D eigenvalue weighted by Gasteiger charge is -2.38. The van der Waals surface area contributed by atoms with Crippen molar-refractivity contribution in [1.82, 2.24) is 15.2 Å². The van der Waals surface area contributed by atoms with Crippen molar-refractivity contribution < 1.29 is 9.90 Å². The molecule has 2 heterocycles. The predicted octanol–water partition coefficient (Wildman–Crippen LogP) is 2.10. The molecule has 0 atom stereocenters. The van der Waals surface area contributed by atoms with Crippen LogP contribution in [0.3, 0.4) is 0 Å². The summed E-state index contributed by atoms with van der Waals surface area (Å²) in [4.78, 5) is 18.3. The van der Waals surface area contributed by atoms with Crippen molar-refractivity contribution in [2.75, 3.05) is 26.2 Å². The number of amides is 1. The number of aliphatic hydroxyl groups is 1. The molecule has 5 nitrogen and oxygen atoms in total. The lowest BCUT2D eigenvalue weighted by Crippen LogP contribution is -2.45. The number of hydrogen-bond acceptors (Lipinski definition) is 4. The first-order chi connectivity index (χ1) is 12.1. The van der Waals surface area contributed by atoms with Crippen molar-refractivity contribution in [3.63, 3.8) is 0 Å². The summed E-state index contributed by atoms with van der Waals surface area (Å²) < 4.78 is 0. The summed E-state index contributed by atoms with van der Waals surface area (Å²) in [6.07, 6.45) is 3.04. The molecule has 0 unspecified atom stereocenters. The molecule has 132 valence electrons. The van der Waals surface area contributed by atoms with Crippen LogP contribution in [0.5, 0.6) is 0 Å². The van der Waals surface area contributed by atoms with Gasteiger partial charge in [0.1, 0.15) is 5.69 Å². The SMILES string of the molecule is Cc1ccc(C2(O)CCN(CCNC(=O)c3ccccn3)CC2)cc1. The summed E-state index contributed by atoms with van der Waals surface area (Å²) >= 11 is 0. The third-order valence-corrected chi connectivity index (χ3v) is 4.88. The molecule has 1 aromatic heterocycles. The number of aromatic nitrogens is 1. The van der Waals surface area contributed by atoms with Crippen molar-refractivity contribution >= 4 is 5.91 Å². The van der Waals surface area contributed by atoms with Gasteiger partial charge in [-0.15, -0.1) is 0 Å². The van der Waals surface area contributed by atoms with Crippen LogP contribution in [-0.2, 0) is 5.60 Å². The highest BCUT2D eigenvalue weighted by Gasteiger charge is 2.33. The van der Waals surface area contributed by atoms with Gasteiger partial charge in [-0.3, -0.25) is 9.78 Å². The third-order valence-electron chi connectivity index (χ3n) is 4.88. The van der Waals surface area contributed by atoms with E-state index in [1.807, 2.05) is 24.3 Å². The summed E-state index contributed by atoms with van der Waals surface area (Å²) in [5, 5.41) is 13.8. The first kappa shape index (κ1) is 17.6. The van der Waals surface area contributed by atoms with E-state index in [9.17, 15) is 9.90 Å². The van der Waals surface area contributed by atoms with E-state index in [1.54, 1.807) is 24.4 Å². The van der Waals surface area contributed by atoms with E-state index < -0.39 is 5.60 Å². The molecule has 5 heteroatoms. The summed E-state index contributed by atoms with van der Waals surface area (Å²) in [6.45, 7) is 5.06. The fourth-order valence-electron chi connectivity index (χ4n) is 3.21. The highest BCUT2D eigenvalue weighted by molar-refractivity contribution is 5.92. The van der Waals surface area contributed by atoms with Crippen LogP contribution < -0.4 is 5.32 Å². The van der Waals surface area contributed by atoms with Crippen LogP contribution in [0.1, 0.15) is 34.5 Å². The highest BCUT2D eigenvalue weighted by Crippen LogP contribution is 2.32. The predicted molar refractivity (Wildman–Crippen MR) is 97.3 cm³/mol. The van der Waals surface area contributed by atoms with E-state index in [1.165, 1.54) is 5.56 Å². The highest BCUT2D eigenvalue weighted by atomic mass is 16.3. The van der Waals surface area contributed by atoms with Gasteiger partial charge >= 0.3 is 0 Å². The number of hydrogen-bond donors (Lipinski definition) is 2. The minimum Gasteiger partial charge on any atom is -0.385 e. The van der Waals surface area contributed by atoms with Gasteiger partial charge in [0, 0.05) is 32.4 Å². The summed E-state index contributed by atoms with van der Waals surface area (Å²) in [6, 6.07) is 13.5. The molecule has 2 N–H and O–H groups in total. The maximum Gasteiger partial charge on any atom is 0.269 e. The van der Waals surface area contributed by atoms with Gasteiger partial charge < -0.3 is 15.3 Å². The molecule has 0 spiro atoms. The fraction of sp³-hybridized carbons (Fsp3) is 0.400. The zero-order valence-electron chi connectivity index (χ0n) is 14.6. The Bertz CT molecular complexity index is 693. The van der Waals surface area contributed by atoms with Gasteiger partial charge in [-0.05, 0) is 37.5 Å². The van der Waals surface area contributed by atoms with Gasteiger partial charge in [-0.25, -0.2) is 0 Å². The molecule has 3 rings (SSSR count). The van der Waals surface area contributed by atoms with E-state index in [-0.39, 0.29) is 5.91 Å². The number of carbonyl (C=O) groups is 1. The zero-order valence-corrected chi connectivity index (χ0v) is 14.6. The minimum absolute atomic E-state index is 0.145. The van der Waals surface area contributed by atoms with Crippen LogP contribution in [0, 0.1) is 6.92 Å². The van der Waals surface area contributed by atoms with Crippen molar-refractivity contribution in [1.29, 1.82) is 0 Å². The smallest absolute Gasteiger partial charge is 0.269 e. The number of piperidine rings is 1. The first-order valence-corrected chi connectivity index (χ1v) is 8.78. The van der Waals surface area contributed by atoms with Crippen LogP contribution in [0.2, 0.25) is 0 Å². The van der Waals surface area contributed by atoms with Crippen LogP contribution in [-0.4, -0.2) is 47.1 Å². The standard InChI is InChI=1S/C20H25N3O2/c1-16-5-7-17(8-6-16)20(25)9-13-23(14-10-20)15-12-22-19(24)18-4-2-3-11-21-18/h2-8,11,25H,9-10,12-15H2,1H3,(H,22,24). The second-order valence-corrected chi connectivity index (χ2v) is 6.71. The Hall–Kier alpha value is -2.24. The molecule has 1 saturated heterocycles. The average Bonchev–Trinajstić information content (AvgIpc) is 2.64. The summed E-state index contributed by atoms with van der Waals surface area (Å²) in [7, 11) is 0. The van der Waals surface area contributed by atoms with Crippen LogP contribution in [0.15, 0.2) is 48.7 Å². The molecule has 2 aromatic rings. The van der Waals surface area contributed by atoms with E-state index in [4.69, 9.17) is 0 Å². The molecule has 0 radical (unpaired) electrons. The Morgan fingerprint density at radius 2 is 1.92 bits per heavy atom. The second kappa shape index (κ2) is 7.76. The Balaban J connectivity index is 1.45. The van der Waals surface area contributed by atoms with Gasteiger partial charge in [0.2, 0.25) is 0 Å². The van der Waals surface area contributed by atoms with Crippen molar-refractivity contribution in [2.45, 2.75) is 25.4 Å². The Labute approximate surface area is 148 Å². The lowest BCUT2D eigenvalue weighted by atomic mass is 9.84. The molecule has 25 heavy (non-hydrogen) atoms. The van der Waals surface area contributed by atoms with Gasteiger partial charge in [-0.1, -0.05) is 35.9 Å². The normalized spacial score (nSPS) is 17.2. The quantitative estimate of drug-likeness (QED) is 0.876. The van der Waals surface area contributed by atoms with E-state index in [2.05, 4.69) is 22.1 Å². The summed E-state index contributed by atoms with van der Waals surface area (Å²) in [5.41, 5.74) is 1.91. The summed E-state index contributed by atoms with van der Waals surface area (Å²) in [5.74, 6) is -0.145. The van der Waals surface area contributed by atoms with Crippen molar-refractivity contribution in [2.24, 2.45) is 0 Å². The molecule has 0 saturated carbocycles. The minimum atomic E-state index is -0.735. The maximum atomic E-state index is 12.0. The van der Waals surface area contributed by atoms with Crippen LogP contribution in [0.25, 0.3) is 0 Å². The number of aryl methyl sites for hydroxylation is 1. The van der Waals surface area contributed by atoms with Crippen LogP contribution in [0.4, 0.5) is 0 Å². The lowest BCUT2D eigenvalue weighted by molar-refractivity contribution is -0.0255. The van der Waals surface area contributed by atoms with Crippen molar-refractivity contribution in [3.05, 3.63) is 65.5 Å². The molecule has 1 amide bonds. The Morgan fingerprint density at radius 1 is 1.20 bits per heavy atom. The van der Waals surface area contributed by atoms with Crippen LogP contribution >= 0.6 is 0 Å². The molecular formula is C20H25N3O2. The Kier molecular flexibility index (Phi) is 5.46. The maximum absolute atomic E-state index is 12.0. The molecule has 1 fully saturated rings. The third kappa shape index (κ3) is 4.44. The number of benzene rings is 1. The monoisotopic (exact) mass is 339 g/mol. The van der Waals surface area contributed by atoms with E-state index in [0.29, 0.717) is 25.1 Å². The number of rotatable bonds is 5. The van der Waals surface area contributed by atoms with Crippen molar-refractivity contribution in [3.8, 4) is 0 Å². The van der Waals surface area contributed by atoms with E-state index in [0.717, 1.165) is 25.2 Å². The largest absolute Gasteiger partial charge is 0.385 e. The average molecular weight is 339 g/mol. The number of nitrogens with zero attached hydrogens (tertiary/aromatic N) is 2. The van der Waals surface area contributed by atoms with Gasteiger partial charge in [0.25, 0.3) is 5.91 Å². The number of carbonyl (C=O) groups excluding carboxylic acids is 1.